The summed E-state index contributed by atoms with van der Waals surface area (Å²) in [4.78, 5) is 4.90. The lowest BCUT2D eigenvalue weighted by Crippen LogP contribution is -2.55. The Kier molecular flexibility index (Phi) is 8.85. The third kappa shape index (κ3) is 6.77. The molecule has 0 saturated heterocycles. The van der Waals surface area contributed by atoms with E-state index in [4.69, 9.17) is 23.9 Å². The van der Waals surface area contributed by atoms with E-state index in [9.17, 15) is 0 Å². The van der Waals surface area contributed by atoms with Gasteiger partial charge in [-0.05, 0) is 30.0 Å². The van der Waals surface area contributed by atoms with E-state index in [0.717, 1.165) is 29.7 Å². The van der Waals surface area contributed by atoms with E-state index in [1.165, 1.54) is 0 Å². The number of nitrogens with zero attached hydrogens (tertiary/aromatic N) is 1. The molecule has 1 aliphatic heterocycles. The standard InChI is InChI=1S/C31H36N2O4/c1-2-32-31-33-28-27(37-31)18-26(22-34-19-23-12-6-3-7-13-23)29(35-20-24-14-8-4-9-15-24)30(28)36-21-25-16-10-5-11-17-25/h3-17,26-30H,2,18-22H2,1H3,(H,32,33)/t26-,27+,28+,29-,30-/m0/s1. The lowest BCUT2D eigenvalue weighted by molar-refractivity contribution is -0.162. The minimum atomic E-state index is -0.260. The second kappa shape index (κ2) is 12.9. The third-order valence-corrected chi connectivity index (χ3v) is 6.91. The summed E-state index contributed by atoms with van der Waals surface area (Å²) >= 11 is 0. The van der Waals surface area contributed by atoms with Gasteiger partial charge >= 0.3 is 0 Å². The summed E-state index contributed by atoms with van der Waals surface area (Å²) in [5.41, 5.74) is 3.41. The van der Waals surface area contributed by atoms with Crippen molar-refractivity contribution in [1.82, 2.24) is 5.32 Å². The fourth-order valence-corrected chi connectivity index (χ4v) is 5.09. The highest BCUT2D eigenvalue weighted by molar-refractivity contribution is 5.75. The molecule has 0 unspecified atom stereocenters. The lowest BCUT2D eigenvalue weighted by atomic mass is 9.79. The van der Waals surface area contributed by atoms with E-state index in [1.54, 1.807) is 0 Å². The number of aliphatic imine (C=N–C) groups is 1. The molecule has 0 radical (unpaired) electrons. The Morgan fingerprint density at radius 1 is 0.757 bits per heavy atom. The maximum atomic E-state index is 6.64. The second-order valence-corrected chi connectivity index (χ2v) is 9.63. The smallest absolute Gasteiger partial charge is 0.285 e. The first-order valence-corrected chi connectivity index (χ1v) is 13.2. The van der Waals surface area contributed by atoms with Crippen LogP contribution in [0.15, 0.2) is 96.0 Å². The molecule has 3 aromatic carbocycles. The highest BCUT2D eigenvalue weighted by Gasteiger charge is 2.50. The fraction of sp³-hybridized carbons (Fsp3) is 0.387. The molecule has 1 N–H and O–H groups in total. The lowest BCUT2D eigenvalue weighted by Gasteiger charge is -2.42. The minimum Gasteiger partial charge on any atom is -0.460 e. The summed E-state index contributed by atoms with van der Waals surface area (Å²) in [5, 5.41) is 3.25. The zero-order valence-corrected chi connectivity index (χ0v) is 21.4. The number of nitrogens with one attached hydrogen (secondary N) is 1. The van der Waals surface area contributed by atoms with Crippen LogP contribution < -0.4 is 5.32 Å². The Morgan fingerprint density at radius 2 is 1.30 bits per heavy atom. The highest BCUT2D eigenvalue weighted by Crippen LogP contribution is 2.37. The van der Waals surface area contributed by atoms with Gasteiger partial charge in [-0.15, -0.1) is 0 Å². The van der Waals surface area contributed by atoms with Crippen LogP contribution in [0.4, 0.5) is 0 Å². The molecule has 5 atom stereocenters. The van der Waals surface area contributed by atoms with E-state index in [1.807, 2.05) is 61.5 Å². The molecule has 1 heterocycles. The largest absolute Gasteiger partial charge is 0.460 e. The molecule has 0 amide bonds. The molecule has 3 aromatic rings. The zero-order valence-electron chi connectivity index (χ0n) is 21.4. The molecule has 6 heteroatoms. The summed E-state index contributed by atoms with van der Waals surface area (Å²) < 4.78 is 25.7. The molecule has 1 fully saturated rings. The monoisotopic (exact) mass is 500 g/mol. The first-order valence-electron chi connectivity index (χ1n) is 13.2. The van der Waals surface area contributed by atoms with Crippen LogP contribution in [0.25, 0.3) is 0 Å². The van der Waals surface area contributed by atoms with Crippen LogP contribution in [0.3, 0.4) is 0 Å². The second-order valence-electron chi connectivity index (χ2n) is 9.63. The van der Waals surface area contributed by atoms with E-state index in [0.29, 0.717) is 32.4 Å². The molecule has 5 rings (SSSR count). The Labute approximate surface area is 219 Å². The Balaban J connectivity index is 1.36. The minimum absolute atomic E-state index is 0.0725. The van der Waals surface area contributed by atoms with Crippen molar-refractivity contribution in [2.45, 2.75) is 57.5 Å². The van der Waals surface area contributed by atoms with E-state index < -0.39 is 0 Å². The average molecular weight is 501 g/mol. The number of ether oxygens (including phenoxy) is 4. The first kappa shape index (κ1) is 25.5. The Hall–Kier alpha value is -3.19. The van der Waals surface area contributed by atoms with Crippen LogP contribution in [0.5, 0.6) is 0 Å². The predicted octanol–water partition coefficient (Wildman–Crippen LogP) is 5.13. The van der Waals surface area contributed by atoms with Crippen LogP contribution in [0, 0.1) is 5.92 Å². The van der Waals surface area contributed by atoms with E-state index >= 15 is 0 Å². The van der Waals surface area contributed by atoms with Crippen molar-refractivity contribution in [2.24, 2.45) is 10.9 Å². The third-order valence-electron chi connectivity index (χ3n) is 6.91. The van der Waals surface area contributed by atoms with Crippen molar-refractivity contribution in [2.75, 3.05) is 13.2 Å². The normalized spacial score (nSPS) is 24.7. The molecule has 1 saturated carbocycles. The molecule has 1 aliphatic carbocycles. The average Bonchev–Trinajstić information content (AvgIpc) is 3.35. The summed E-state index contributed by atoms with van der Waals surface area (Å²) in [6, 6.07) is 31.3. The van der Waals surface area contributed by atoms with Gasteiger partial charge in [0.1, 0.15) is 18.2 Å². The fourth-order valence-electron chi connectivity index (χ4n) is 5.09. The molecule has 194 valence electrons. The van der Waals surface area contributed by atoms with Crippen LogP contribution in [0.1, 0.15) is 30.0 Å². The molecular weight excluding hydrogens is 464 g/mol. The van der Waals surface area contributed by atoms with Gasteiger partial charge in [-0.2, -0.15) is 0 Å². The molecule has 0 aromatic heterocycles. The van der Waals surface area contributed by atoms with Crippen LogP contribution in [-0.2, 0) is 38.8 Å². The van der Waals surface area contributed by atoms with Gasteiger partial charge in [0.2, 0.25) is 0 Å². The molecule has 6 nitrogen and oxygen atoms in total. The first-order chi connectivity index (χ1) is 18.3. The molecule has 37 heavy (non-hydrogen) atoms. The van der Waals surface area contributed by atoms with Gasteiger partial charge in [0.15, 0.2) is 0 Å². The number of fused-ring (bicyclic) bond motifs is 1. The van der Waals surface area contributed by atoms with Gasteiger partial charge in [0.25, 0.3) is 6.02 Å². The van der Waals surface area contributed by atoms with Crippen molar-refractivity contribution >= 4 is 6.02 Å². The van der Waals surface area contributed by atoms with Crippen LogP contribution in [-0.4, -0.2) is 43.5 Å². The van der Waals surface area contributed by atoms with Crippen LogP contribution in [0.2, 0.25) is 0 Å². The SMILES string of the molecule is CCNC1=N[C@H]2[C@H](OCc3ccccc3)[C@@H](OCc3ccccc3)[C@H](COCc3ccccc3)C[C@H]2O1. The van der Waals surface area contributed by atoms with Gasteiger partial charge in [-0.1, -0.05) is 91.0 Å². The van der Waals surface area contributed by atoms with E-state index in [2.05, 4.69) is 41.7 Å². The van der Waals surface area contributed by atoms with Crippen molar-refractivity contribution in [3.8, 4) is 0 Å². The molecule has 0 bridgehead atoms. The summed E-state index contributed by atoms with van der Waals surface area (Å²) in [6.07, 6.45) is 0.276. The Bertz CT molecular complexity index is 1110. The molecular formula is C31H36N2O4. The van der Waals surface area contributed by atoms with Gasteiger partial charge in [0.05, 0.1) is 32.5 Å². The highest BCUT2D eigenvalue weighted by atomic mass is 16.6. The molecule has 2 aliphatic rings. The van der Waals surface area contributed by atoms with E-state index in [-0.39, 0.29) is 30.3 Å². The van der Waals surface area contributed by atoms with Crippen molar-refractivity contribution in [3.05, 3.63) is 108 Å². The number of hydrogen-bond acceptors (Lipinski definition) is 6. The number of rotatable bonds is 11. The maximum Gasteiger partial charge on any atom is 0.285 e. The molecule has 0 spiro atoms. The quantitative estimate of drug-likeness (QED) is 0.396. The Morgan fingerprint density at radius 3 is 1.86 bits per heavy atom. The number of hydrogen-bond donors (Lipinski definition) is 1. The summed E-state index contributed by atoms with van der Waals surface area (Å²) in [5.74, 6) is 0.102. The summed E-state index contributed by atoms with van der Waals surface area (Å²) in [6.45, 7) is 4.92. The van der Waals surface area contributed by atoms with Crippen molar-refractivity contribution in [3.63, 3.8) is 0 Å². The topological polar surface area (TPSA) is 61.3 Å². The van der Waals surface area contributed by atoms with Crippen LogP contribution >= 0.6 is 0 Å². The maximum absolute atomic E-state index is 6.64. The van der Waals surface area contributed by atoms with Gasteiger partial charge in [-0.25, -0.2) is 4.99 Å². The van der Waals surface area contributed by atoms with Crippen molar-refractivity contribution in [1.29, 1.82) is 0 Å². The zero-order chi connectivity index (χ0) is 25.3. The van der Waals surface area contributed by atoms with Crippen molar-refractivity contribution < 1.29 is 18.9 Å². The van der Waals surface area contributed by atoms with Gasteiger partial charge < -0.3 is 24.3 Å². The predicted molar refractivity (Wildman–Crippen MR) is 144 cm³/mol. The number of amidine groups is 1. The van der Waals surface area contributed by atoms with Gasteiger partial charge in [0, 0.05) is 12.5 Å². The van der Waals surface area contributed by atoms with Gasteiger partial charge in [-0.3, -0.25) is 0 Å². The number of benzene rings is 3. The summed E-state index contributed by atoms with van der Waals surface area (Å²) in [7, 11) is 0.